The van der Waals surface area contributed by atoms with Crippen LogP contribution in [0.4, 0.5) is 0 Å². The summed E-state index contributed by atoms with van der Waals surface area (Å²) in [5.41, 5.74) is 4.65. The van der Waals surface area contributed by atoms with Crippen molar-refractivity contribution in [2.75, 3.05) is 0 Å². The smallest absolute Gasteiger partial charge is 0.220 e. The molecule has 0 fully saturated rings. The minimum Gasteiger partial charge on any atom is -0.350 e. The van der Waals surface area contributed by atoms with Crippen LogP contribution < -0.4 is 5.32 Å². The molecular weight excluding hydrogens is 348 g/mol. The molecule has 0 saturated heterocycles. The molecule has 1 aromatic carbocycles. The van der Waals surface area contributed by atoms with Gasteiger partial charge in [-0.25, -0.2) is 9.50 Å². The molecule has 1 amide bonds. The third kappa shape index (κ3) is 3.73. The predicted octanol–water partition coefficient (Wildman–Crippen LogP) is 4.37. The molecule has 0 aliphatic heterocycles. The fraction of sp³-hybridized carbons (Fsp3) is 0.350. The second-order valence-corrected chi connectivity index (χ2v) is 7.68. The van der Waals surface area contributed by atoms with Gasteiger partial charge in [0.2, 0.25) is 5.91 Å². The number of aromatic nitrogens is 3. The standard InChI is InChI=1S/C20H23ClN4O/c1-5-18(26)22-12-15-19(23-17-11-10-16(21)24-25(15)17)13-6-8-14(9-7-13)20(2,3)4/h6-11H,5,12H2,1-4H3,(H,22,26). The van der Waals surface area contributed by atoms with Crippen molar-refractivity contribution in [2.45, 2.75) is 46.1 Å². The van der Waals surface area contributed by atoms with E-state index in [4.69, 9.17) is 16.6 Å². The van der Waals surface area contributed by atoms with Gasteiger partial charge in [-0.2, -0.15) is 5.10 Å². The SMILES string of the molecule is CCC(=O)NCc1c(-c2ccc(C(C)(C)C)cc2)nc2ccc(Cl)nn12. The highest BCUT2D eigenvalue weighted by Crippen LogP contribution is 2.28. The van der Waals surface area contributed by atoms with E-state index in [9.17, 15) is 4.79 Å². The van der Waals surface area contributed by atoms with Crippen molar-refractivity contribution in [2.24, 2.45) is 0 Å². The molecule has 0 radical (unpaired) electrons. The molecular formula is C20H23ClN4O. The quantitative estimate of drug-likeness (QED) is 0.741. The van der Waals surface area contributed by atoms with Crippen molar-refractivity contribution >= 4 is 23.2 Å². The molecule has 3 aromatic rings. The number of hydrogen-bond donors (Lipinski definition) is 1. The first-order valence-electron chi connectivity index (χ1n) is 8.71. The molecule has 0 unspecified atom stereocenters. The summed E-state index contributed by atoms with van der Waals surface area (Å²) in [4.78, 5) is 16.4. The zero-order valence-corrected chi connectivity index (χ0v) is 16.3. The lowest BCUT2D eigenvalue weighted by molar-refractivity contribution is -0.120. The molecule has 0 spiro atoms. The molecule has 2 heterocycles. The van der Waals surface area contributed by atoms with Gasteiger partial charge in [0, 0.05) is 12.0 Å². The molecule has 26 heavy (non-hydrogen) atoms. The highest BCUT2D eigenvalue weighted by Gasteiger charge is 2.18. The predicted molar refractivity (Wildman–Crippen MR) is 104 cm³/mol. The van der Waals surface area contributed by atoms with E-state index < -0.39 is 0 Å². The van der Waals surface area contributed by atoms with E-state index in [1.54, 1.807) is 10.6 Å². The fourth-order valence-corrected chi connectivity index (χ4v) is 2.92. The van der Waals surface area contributed by atoms with Crippen molar-refractivity contribution in [3.05, 3.63) is 52.8 Å². The van der Waals surface area contributed by atoms with Crippen LogP contribution in [0.5, 0.6) is 0 Å². The highest BCUT2D eigenvalue weighted by atomic mass is 35.5. The molecule has 3 rings (SSSR count). The number of carbonyl (C=O) groups is 1. The zero-order valence-electron chi connectivity index (χ0n) is 15.5. The first-order valence-corrected chi connectivity index (χ1v) is 9.09. The van der Waals surface area contributed by atoms with Gasteiger partial charge in [0.05, 0.1) is 17.9 Å². The van der Waals surface area contributed by atoms with Crippen LogP contribution in [-0.2, 0) is 16.8 Å². The molecule has 0 aliphatic carbocycles. The van der Waals surface area contributed by atoms with Gasteiger partial charge in [-0.15, -0.1) is 0 Å². The molecule has 136 valence electrons. The van der Waals surface area contributed by atoms with Crippen molar-refractivity contribution in [1.29, 1.82) is 0 Å². The first-order chi connectivity index (χ1) is 12.3. The lowest BCUT2D eigenvalue weighted by atomic mass is 9.86. The first kappa shape index (κ1) is 18.4. The molecule has 1 N–H and O–H groups in total. The second-order valence-electron chi connectivity index (χ2n) is 7.29. The molecule has 5 nitrogen and oxygen atoms in total. The van der Waals surface area contributed by atoms with E-state index in [-0.39, 0.29) is 11.3 Å². The average molecular weight is 371 g/mol. The summed E-state index contributed by atoms with van der Waals surface area (Å²) >= 11 is 6.06. The Balaban J connectivity index is 2.07. The van der Waals surface area contributed by atoms with E-state index in [0.29, 0.717) is 23.8 Å². The van der Waals surface area contributed by atoms with Crippen molar-refractivity contribution in [1.82, 2.24) is 19.9 Å². The Labute approximate surface area is 158 Å². The van der Waals surface area contributed by atoms with E-state index in [1.165, 1.54) is 5.56 Å². The summed E-state index contributed by atoms with van der Waals surface area (Å²) in [5, 5.41) is 7.64. The number of carbonyl (C=O) groups excluding carboxylic acids is 1. The number of imidazole rings is 1. The van der Waals surface area contributed by atoms with E-state index >= 15 is 0 Å². The fourth-order valence-electron chi connectivity index (χ4n) is 2.78. The van der Waals surface area contributed by atoms with Gasteiger partial charge >= 0.3 is 0 Å². The average Bonchev–Trinajstić information content (AvgIpc) is 2.96. The minimum atomic E-state index is -0.0176. The monoisotopic (exact) mass is 370 g/mol. The number of benzene rings is 1. The maximum atomic E-state index is 11.7. The summed E-state index contributed by atoms with van der Waals surface area (Å²) in [6.07, 6.45) is 0.431. The van der Waals surface area contributed by atoms with Crippen molar-refractivity contribution < 1.29 is 4.79 Å². The van der Waals surface area contributed by atoms with Crippen LogP contribution in [0, 0.1) is 0 Å². The van der Waals surface area contributed by atoms with Gasteiger partial charge in [-0.1, -0.05) is 63.6 Å². The number of rotatable bonds is 4. The van der Waals surface area contributed by atoms with Crippen LogP contribution in [-0.4, -0.2) is 20.5 Å². The van der Waals surface area contributed by atoms with Crippen LogP contribution in [0.25, 0.3) is 16.9 Å². The number of hydrogen-bond acceptors (Lipinski definition) is 3. The summed E-state index contributed by atoms with van der Waals surface area (Å²) < 4.78 is 1.70. The Kier molecular flexibility index (Phi) is 5.01. The molecule has 0 atom stereocenters. The Morgan fingerprint density at radius 3 is 2.46 bits per heavy atom. The van der Waals surface area contributed by atoms with Crippen LogP contribution in [0.2, 0.25) is 5.15 Å². The summed E-state index contributed by atoms with van der Waals surface area (Å²) in [5.74, 6) is -0.0176. The van der Waals surface area contributed by atoms with Gasteiger partial charge in [0.25, 0.3) is 0 Å². The van der Waals surface area contributed by atoms with Gasteiger partial charge in [-0.3, -0.25) is 4.79 Å². The van der Waals surface area contributed by atoms with Crippen LogP contribution >= 0.6 is 11.6 Å². The summed E-state index contributed by atoms with van der Waals surface area (Å²) in [6, 6.07) is 11.9. The lowest BCUT2D eigenvalue weighted by Gasteiger charge is -2.19. The molecule has 2 aromatic heterocycles. The van der Waals surface area contributed by atoms with Gasteiger partial charge in [0.15, 0.2) is 5.65 Å². The van der Waals surface area contributed by atoms with E-state index in [2.05, 4.69) is 55.5 Å². The Morgan fingerprint density at radius 1 is 1.15 bits per heavy atom. The van der Waals surface area contributed by atoms with Crippen LogP contribution in [0.15, 0.2) is 36.4 Å². The highest BCUT2D eigenvalue weighted by molar-refractivity contribution is 6.29. The number of fused-ring (bicyclic) bond motifs is 1. The van der Waals surface area contributed by atoms with E-state index in [0.717, 1.165) is 17.0 Å². The Bertz CT molecular complexity index is 939. The lowest BCUT2D eigenvalue weighted by Crippen LogP contribution is -2.23. The number of amides is 1. The van der Waals surface area contributed by atoms with Crippen LogP contribution in [0.1, 0.15) is 45.4 Å². The summed E-state index contributed by atoms with van der Waals surface area (Å²) in [7, 11) is 0. The number of nitrogens with zero attached hydrogens (tertiary/aromatic N) is 3. The molecule has 0 aliphatic rings. The minimum absolute atomic E-state index is 0.0176. The van der Waals surface area contributed by atoms with Gasteiger partial charge in [0.1, 0.15) is 5.15 Å². The normalized spacial score (nSPS) is 11.7. The van der Waals surface area contributed by atoms with E-state index in [1.807, 2.05) is 13.0 Å². The largest absolute Gasteiger partial charge is 0.350 e. The third-order valence-corrected chi connectivity index (χ3v) is 4.54. The number of nitrogens with one attached hydrogen (secondary N) is 1. The van der Waals surface area contributed by atoms with Gasteiger partial charge in [-0.05, 0) is 23.1 Å². The van der Waals surface area contributed by atoms with Crippen molar-refractivity contribution in [3.8, 4) is 11.3 Å². The maximum Gasteiger partial charge on any atom is 0.220 e. The molecule has 6 heteroatoms. The topological polar surface area (TPSA) is 59.3 Å². The summed E-state index contributed by atoms with van der Waals surface area (Å²) in [6.45, 7) is 8.72. The Hall–Kier alpha value is -2.40. The molecule has 0 saturated carbocycles. The maximum absolute atomic E-state index is 11.7. The second kappa shape index (κ2) is 7.08. The zero-order chi connectivity index (χ0) is 18.9. The van der Waals surface area contributed by atoms with Crippen molar-refractivity contribution in [3.63, 3.8) is 0 Å². The van der Waals surface area contributed by atoms with Gasteiger partial charge < -0.3 is 5.32 Å². The number of halogens is 1. The third-order valence-electron chi connectivity index (χ3n) is 4.34. The van der Waals surface area contributed by atoms with Crippen LogP contribution in [0.3, 0.4) is 0 Å². The molecule has 0 bridgehead atoms. The Morgan fingerprint density at radius 2 is 1.85 bits per heavy atom.